The summed E-state index contributed by atoms with van der Waals surface area (Å²) in [5.74, 6) is 2.73. The number of benzene rings is 1. The molecule has 2 aliphatic rings. The van der Waals surface area contributed by atoms with Crippen LogP contribution in [-0.4, -0.2) is 37.2 Å². The number of nitrogens with zero attached hydrogens (tertiary/aromatic N) is 1. The minimum absolute atomic E-state index is 0.243. The van der Waals surface area contributed by atoms with Crippen molar-refractivity contribution in [2.24, 2.45) is 11.8 Å². The predicted molar refractivity (Wildman–Crippen MR) is 77.3 cm³/mol. The summed E-state index contributed by atoms with van der Waals surface area (Å²) in [6.07, 6.45) is 0.243. The highest BCUT2D eigenvalue weighted by Gasteiger charge is 2.35. The summed E-state index contributed by atoms with van der Waals surface area (Å²) in [6.45, 7) is 10.1. The molecule has 3 rings (SSSR count). The first-order valence-electron chi connectivity index (χ1n) is 7.39. The van der Waals surface area contributed by atoms with Crippen LogP contribution in [0.4, 0.5) is 0 Å². The molecule has 0 spiro atoms. The third-order valence-electron chi connectivity index (χ3n) is 4.14. The maximum atomic E-state index is 5.77. The van der Waals surface area contributed by atoms with Gasteiger partial charge in [0.15, 0.2) is 0 Å². The second-order valence-electron chi connectivity index (χ2n) is 6.19. The maximum Gasteiger partial charge on any atom is 0.120 e. The summed E-state index contributed by atoms with van der Waals surface area (Å²) in [6, 6.07) is 8.55. The Balaban J connectivity index is 1.60. The summed E-state index contributed by atoms with van der Waals surface area (Å²) in [7, 11) is 0. The molecule has 1 N–H and O–H groups in total. The lowest BCUT2D eigenvalue weighted by Gasteiger charge is -2.18. The smallest absolute Gasteiger partial charge is 0.120 e. The summed E-state index contributed by atoms with van der Waals surface area (Å²) in [4.78, 5) is 2.59. The van der Waals surface area contributed by atoms with Crippen molar-refractivity contribution in [2.45, 2.75) is 26.5 Å². The molecule has 0 aliphatic carbocycles. The molecule has 2 fully saturated rings. The zero-order chi connectivity index (χ0) is 13.2. The van der Waals surface area contributed by atoms with E-state index in [1.54, 1.807) is 0 Å². The van der Waals surface area contributed by atoms with E-state index in [0.29, 0.717) is 0 Å². The molecule has 2 saturated heterocycles. The largest absolute Gasteiger partial charge is 0.491 e. The molecule has 2 heterocycles. The number of rotatable bonds is 4. The summed E-state index contributed by atoms with van der Waals surface area (Å²) in [5.41, 5.74) is 1.37. The van der Waals surface area contributed by atoms with Gasteiger partial charge in [0.2, 0.25) is 0 Å². The van der Waals surface area contributed by atoms with Crippen molar-refractivity contribution in [1.29, 1.82) is 0 Å². The average molecular weight is 260 g/mol. The topological polar surface area (TPSA) is 24.5 Å². The van der Waals surface area contributed by atoms with Gasteiger partial charge in [-0.3, -0.25) is 4.90 Å². The van der Waals surface area contributed by atoms with Crippen LogP contribution in [-0.2, 0) is 6.54 Å². The average Bonchev–Trinajstić information content (AvgIpc) is 2.89. The Morgan fingerprint density at radius 1 is 1.26 bits per heavy atom. The van der Waals surface area contributed by atoms with Crippen molar-refractivity contribution in [2.75, 3.05) is 26.2 Å². The zero-order valence-electron chi connectivity index (χ0n) is 11.9. The number of likely N-dealkylation sites (tertiary alicyclic amines) is 1. The van der Waals surface area contributed by atoms with Gasteiger partial charge < -0.3 is 10.1 Å². The van der Waals surface area contributed by atoms with E-state index in [2.05, 4.69) is 42.3 Å². The molecule has 3 heteroatoms. The first kappa shape index (κ1) is 12.9. The molecule has 19 heavy (non-hydrogen) atoms. The standard InChI is InChI=1S/C16H24N2O/c1-12(2)19-16-5-3-4-13(6-16)9-18-10-14-7-17-8-15(14)11-18/h3-6,12,14-15,17H,7-11H2,1-2H3/t14-,15+. The Morgan fingerprint density at radius 3 is 2.68 bits per heavy atom. The van der Waals surface area contributed by atoms with E-state index < -0.39 is 0 Å². The fourth-order valence-electron chi connectivity index (χ4n) is 3.33. The van der Waals surface area contributed by atoms with Crippen LogP contribution in [0, 0.1) is 11.8 Å². The fraction of sp³-hybridized carbons (Fsp3) is 0.625. The lowest BCUT2D eigenvalue weighted by atomic mass is 10.0. The molecule has 0 radical (unpaired) electrons. The highest BCUT2D eigenvalue weighted by atomic mass is 16.5. The van der Waals surface area contributed by atoms with Crippen molar-refractivity contribution in [3.63, 3.8) is 0 Å². The van der Waals surface area contributed by atoms with Crippen molar-refractivity contribution in [3.8, 4) is 5.75 Å². The third kappa shape index (κ3) is 3.10. The van der Waals surface area contributed by atoms with Crippen molar-refractivity contribution >= 4 is 0 Å². The normalized spacial score (nSPS) is 26.9. The number of fused-ring (bicyclic) bond motifs is 1. The Labute approximate surface area is 115 Å². The van der Waals surface area contributed by atoms with Gasteiger partial charge >= 0.3 is 0 Å². The quantitative estimate of drug-likeness (QED) is 0.897. The van der Waals surface area contributed by atoms with Crippen LogP contribution in [0.1, 0.15) is 19.4 Å². The minimum Gasteiger partial charge on any atom is -0.491 e. The van der Waals surface area contributed by atoms with E-state index in [1.807, 2.05) is 6.07 Å². The van der Waals surface area contributed by atoms with Gasteiger partial charge in [-0.1, -0.05) is 12.1 Å². The number of nitrogens with one attached hydrogen (secondary N) is 1. The number of ether oxygens (including phenoxy) is 1. The molecule has 0 saturated carbocycles. The highest BCUT2D eigenvalue weighted by molar-refractivity contribution is 5.28. The van der Waals surface area contributed by atoms with Gasteiger partial charge in [-0.05, 0) is 56.5 Å². The molecule has 0 unspecified atom stereocenters. The SMILES string of the molecule is CC(C)Oc1cccc(CN2C[C@H]3CNC[C@H]3C2)c1. The fourth-order valence-corrected chi connectivity index (χ4v) is 3.33. The third-order valence-corrected chi connectivity index (χ3v) is 4.14. The Morgan fingerprint density at radius 2 is 2.00 bits per heavy atom. The van der Waals surface area contributed by atoms with Crippen LogP contribution in [0.3, 0.4) is 0 Å². The molecule has 3 nitrogen and oxygen atoms in total. The van der Waals surface area contributed by atoms with E-state index in [-0.39, 0.29) is 6.10 Å². The summed E-state index contributed by atoms with van der Waals surface area (Å²) >= 11 is 0. The first-order valence-corrected chi connectivity index (χ1v) is 7.39. The molecule has 1 aromatic carbocycles. The lowest BCUT2D eigenvalue weighted by molar-refractivity contribution is 0.241. The zero-order valence-corrected chi connectivity index (χ0v) is 11.9. The molecule has 104 valence electrons. The van der Waals surface area contributed by atoms with Gasteiger partial charge in [0, 0.05) is 19.6 Å². The molecule has 0 bridgehead atoms. The highest BCUT2D eigenvalue weighted by Crippen LogP contribution is 2.28. The second-order valence-corrected chi connectivity index (χ2v) is 6.19. The molecule has 2 aliphatic heterocycles. The van der Waals surface area contributed by atoms with E-state index >= 15 is 0 Å². The van der Waals surface area contributed by atoms with Crippen LogP contribution < -0.4 is 10.1 Å². The van der Waals surface area contributed by atoms with E-state index in [4.69, 9.17) is 4.74 Å². The summed E-state index contributed by atoms with van der Waals surface area (Å²) in [5, 5.41) is 3.49. The van der Waals surface area contributed by atoms with Gasteiger partial charge in [-0.2, -0.15) is 0 Å². The van der Waals surface area contributed by atoms with Gasteiger partial charge in [-0.15, -0.1) is 0 Å². The number of hydrogen-bond donors (Lipinski definition) is 1. The van der Waals surface area contributed by atoms with Crippen LogP contribution in [0.5, 0.6) is 5.75 Å². The second kappa shape index (κ2) is 5.51. The predicted octanol–water partition coefficient (Wildman–Crippen LogP) is 2.12. The Bertz CT molecular complexity index is 421. The van der Waals surface area contributed by atoms with Crippen LogP contribution >= 0.6 is 0 Å². The Kier molecular flexibility index (Phi) is 3.76. The maximum absolute atomic E-state index is 5.77. The van der Waals surface area contributed by atoms with Crippen LogP contribution in [0.25, 0.3) is 0 Å². The van der Waals surface area contributed by atoms with E-state index in [0.717, 1.165) is 24.1 Å². The lowest BCUT2D eigenvalue weighted by Crippen LogP contribution is -2.25. The molecule has 0 amide bonds. The molecule has 1 aromatic rings. The van der Waals surface area contributed by atoms with Crippen molar-refractivity contribution in [3.05, 3.63) is 29.8 Å². The van der Waals surface area contributed by atoms with E-state index in [1.165, 1.54) is 31.7 Å². The van der Waals surface area contributed by atoms with Crippen molar-refractivity contribution in [1.82, 2.24) is 10.2 Å². The molecule has 2 atom stereocenters. The van der Waals surface area contributed by atoms with Crippen molar-refractivity contribution < 1.29 is 4.74 Å². The van der Waals surface area contributed by atoms with Gasteiger partial charge in [0.05, 0.1) is 6.10 Å². The monoisotopic (exact) mass is 260 g/mol. The van der Waals surface area contributed by atoms with Gasteiger partial charge in [-0.25, -0.2) is 0 Å². The number of hydrogen-bond acceptors (Lipinski definition) is 3. The first-order chi connectivity index (χ1) is 9.20. The minimum atomic E-state index is 0.243. The van der Waals surface area contributed by atoms with Gasteiger partial charge in [0.1, 0.15) is 5.75 Å². The molecule has 0 aromatic heterocycles. The summed E-state index contributed by atoms with van der Waals surface area (Å²) < 4.78 is 5.77. The van der Waals surface area contributed by atoms with Crippen LogP contribution in [0.15, 0.2) is 24.3 Å². The van der Waals surface area contributed by atoms with Crippen LogP contribution in [0.2, 0.25) is 0 Å². The van der Waals surface area contributed by atoms with Gasteiger partial charge in [0.25, 0.3) is 0 Å². The molecular weight excluding hydrogens is 236 g/mol. The van der Waals surface area contributed by atoms with E-state index in [9.17, 15) is 0 Å². The molecular formula is C16H24N2O. The Hall–Kier alpha value is -1.06.